The molecule has 1 nitrogen and oxygen atoms in total. The van der Waals surface area contributed by atoms with Crippen LogP contribution in [0.1, 0.15) is 23.1 Å². The Labute approximate surface area is 101 Å². The Kier molecular flexibility index (Phi) is 3.97. The molecule has 0 atom stereocenters. The summed E-state index contributed by atoms with van der Waals surface area (Å²) in [4.78, 5) is 0. The van der Waals surface area contributed by atoms with E-state index >= 15 is 0 Å². The van der Waals surface area contributed by atoms with Crippen LogP contribution in [-0.4, -0.2) is 7.11 Å². The van der Waals surface area contributed by atoms with E-state index in [1.54, 1.807) is 0 Å². The largest absolute Gasteiger partial charge is 0.497 e. The zero-order chi connectivity index (χ0) is 15.0. The Balaban J connectivity index is 3.72. The topological polar surface area (TPSA) is 9.23 Å². The van der Waals surface area contributed by atoms with E-state index < -0.39 is 41.2 Å². The molecule has 0 saturated carbocycles. The first-order chi connectivity index (χ1) is 8.48. The maximum Gasteiger partial charge on any atom is 0.417 e. The van der Waals surface area contributed by atoms with E-state index in [2.05, 4.69) is 4.74 Å². The maximum atomic E-state index is 12.6. The highest BCUT2D eigenvalue weighted by molar-refractivity contribution is 5.46. The Morgan fingerprint density at radius 2 is 1.47 bits per heavy atom. The first kappa shape index (κ1) is 15.5. The van der Waals surface area contributed by atoms with Gasteiger partial charge in [0.1, 0.15) is 5.75 Å². The van der Waals surface area contributed by atoms with Gasteiger partial charge in [-0.3, -0.25) is 0 Å². The quantitative estimate of drug-likeness (QED) is 0.720. The SMILES string of the molecule is COc1cc(C(F)F)c(C(F)(F)F)c(C(F)(F)F)c1. The summed E-state index contributed by atoms with van der Waals surface area (Å²) in [6.07, 6.45) is -14.7. The molecule has 9 heteroatoms. The van der Waals surface area contributed by atoms with Crippen molar-refractivity contribution in [2.75, 3.05) is 7.11 Å². The molecular formula is C10H6F8O. The predicted octanol–water partition coefficient (Wildman–Crippen LogP) is 4.67. The predicted molar refractivity (Wildman–Crippen MR) is 48.0 cm³/mol. The third kappa shape index (κ3) is 3.27. The van der Waals surface area contributed by atoms with Crippen LogP contribution in [-0.2, 0) is 12.4 Å². The molecule has 0 aliphatic carbocycles. The van der Waals surface area contributed by atoms with Crippen molar-refractivity contribution in [3.63, 3.8) is 0 Å². The van der Waals surface area contributed by atoms with Crippen LogP contribution in [0.5, 0.6) is 5.75 Å². The third-order valence-electron chi connectivity index (χ3n) is 2.20. The number of rotatable bonds is 2. The number of methoxy groups -OCH3 is 1. The van der Waals surface area contributed by atoms with Crippen LogP contribution in [0.15, 0.2) is 12.1 Å². The summed E-state index contributed by atoms with van der Waals surface area (Å²) in [5, 5.41) is 0. The molecule has 19 heavy (non-hydrogen) atoms. The van der Waals surface area contributed by atoms with E-state index in [0.717, 1.165) is 7.11 Å². The lowest BCUT2D eigenvalue weighted by Crippen LogP contribution is -2.19. The standard InChI is InChI=1S/C10H6F8O/c1-19-4-2-5(8(11)12)7(10(16,17)18)6(3-4)9(13,14)15/h2-3,8H,1H3. The third-order valence-corrected chi connectivity index (χ3v) is 2.20. The molecule has 1 aromatic rings. The van der Waals surface area contributed by atoms with E-state index in [0.29, 0.717) is 0 Å². The van der Waals surface area contributed by atoms with Gasteiger partial charge in [0.15, 0.2) is 0 Å². The van der Waals surface area contributed by atoms with E-state index in [9.17, 15) is 35.1 Å². The molecule has 1 aromatic carbocycles. The zero-order valence-electron chi connectivity index (χ0n) is 9.16. The lowest BCUT2D eigenvalue weighted by atomic mass is 9.99. The molecule has 0 fully saturated rings. The molecule has 0 amide bonds. The fourth-order valence-corrected chi connectivity index (χ4v) is 1.47. The van der Waals surface area contributed by atoms with Crippen molar-refractivity contribution >= 4 is 0 Å². The van der Waals surface area contributed by atoms with Gasteiger partial charge in [0.05, 0.1) is 18.2 Å². The van der Waals surface area contributed by atoms with E-state index in [4.69, 9.17) is 0 Å². The first-order valence-electron chi connectivity index (χ1n) is 4.63. The highest BCUT2D eigenvalue weighted by Gasteiger charge is 2.46. The molecule has 108 valence electrons. The van der Waals surface area contributed by atoms with Gasteiger partial charge < -0.3 is 4.74 Å². The summed E-state index contributed by atoms with van der Waals surface area (Å²) in [5.41, 5.74) is -6.36. The van der Waals surface area contributed by atoms with Crippen LogP contribution >= 0.6 is 0 Å². The molecule has 0 heterocycles. The van der Waals surface area contributed by atoms with Gasteiger partial charge in [0.25, 0.3) is 6.43 Å². The molecule has 0 unspecified atom stereocenters. The summed E-state index contributed by atoms with van der Waals surface area (Å²) in [6.45, 7) is 0. The molecule has 0 spiro atoms. The molecule has 0 aromatic heterocycles. The molecule has 1 rings (SSSR count). The first-order valence-corrected chi connectivity index (χ1v) is 4.63. The average molecular weight is 294 g/mol. The van der Waals surface area contributed by atoms with E-state index in [1.165, 1.54) is 0 Å². The van der Waals surface area contributed by atoms with Crippen molar-refractivity contribution in [2.24, 2.45) is 0 Å². The van der Waals surface area contributed by atoms with Gasteiger partial charge in [0.2, 0.25) is 0 Å². The maximum absolute atomic E-state index is 12.6. The minimum Gasteiger partial charge on any atom is -0.497 e. The Morgan fingerprint density at radius 1 is 0.947 bits per heavy atom. The second kappa shape index (κ2) is 4.86. The van der Waals surface area contributed by atoms with Crippen LogP contribution in [0.2, 0.25) is 0 Å². The number of hydrogen-bond acceptors (Lipinski definition) is 1. The summed E-state index contributed by atoms with van der Waals surface area (Å²) in [7, 11) is 0.859. The average Bonchev–Trinajstić information content (AvgIpc) is 2.24. The normalized spacial score (nSPS) is 12.9. The summed E-state index contributed by atoms with van der Waals surface area (Å²) in [6, 6.07) is 0.275. The summed E-state index contributed by atoms with van der Waals surface area (Å²) < 4.78 is 105. The van der Waals surface area contributed by atoms with E-state index in [-0.39, 0.29) is 12.1 Å². The minimum atomic E-state index is -5.55. The lowest BCUT2D eigenvalue weighted by molar-refractivity contribution is -0.163. The van der Waals surface area contributed by atoms with Crippen LogP contribution in [0.3, 0.4) is 0 Å². The van der Waals surface area contributed by atoms with Crippen molar-refractivity contribution in [3.8, 4) is 5.75 Å². The number of alkyl halides is 8. The Morgan fingerprint density at radius 3 is 1.79 bits per heavy atom. The van der Waals surface area contributed by atoms with Crippen LogP contribution in [0.25, 0.3) is 0 Å². The van der Waals surface area contributed by atoms with Gasteiger partial charge >= 0.3 is 12.4 Å². The molecular weight excluding hydrogens is 288 g/mol. The van der Waals surface area contributed by atoms with Gasteiger partial charge in [-0.05, 0) is 12.1 Å². The van der Waals surface area contributed by atoms with Gasteiger partial charge in [0, 0.05) is 5.56 Å². The molecule has 0 bridgehead atoms. The van der Waals surface area contributed by atoms with Crippen molar-refractivity contribution in [3.05, 3.63) is 28.8 Å². The number of ether oxygens (including phenoxy) is 1. The van der Waals surface area contributed by atoms with Crippen molar-refractivity contribution in [1.29, 1.82) is 0 Å². The van der Waals surface area contributed by atoms with Crippen LogP contribution in [0.4, 0.5) is 35.1 Å². The van der Waals surface area contributed by atoms with E-state index in [1.807, 2.05) is 0 Å². The second-order valence-corrected chi connectivity index (χ2v) is 3.44. The van der Waals surface area contributed by atoms with Crippen molar-refractivity contribution in [2.45, 2.75) is 18.8 Å². The van der Waals surface area contributed by atoms with Gasteiger partial charge in [-0.1, -0.05) is 0 Å². The number of hydrogen-bond donors (Lipinski definition) is 0. The molecule has 0 N–H and O–H groups in total. The zero-order valence-corrected chi connectivity index (χ0v) is 9.16. The Bertz CT molecular complexity index is 460. The highest BCUT2D eigenvalue weighted by atomic mass is 19.4. The monoisotopic (exact) mass is 294 g/mol. The molecule has 0 saturated heterocycles. The molecule has 0 aliphatic heterocycles. The highest BCUT2D eigenvalue weighted by Crippen LogP contribution is 2.46. The second-order valence-electron chi connectivity index (χ2n) is 3.44. The fraction of sp³-hybridized carbons (Fsp3) is 0.400. The lowest BCUT2D eigenvalue weighted by Gasteiger charge is -2.20. The van der Waals surface area contributed by atoms with Gasteiger partial charge in [-0.15, -0.1) is 0 Å². The fourth-order valence-electron chi connectivity index (χ4n) is 1.47. The summed E-state index contributed by atoms with van der Waals surface area (Å²) >= 11 is 0. The molecule has 0 radical (unpaired) electrons. The van der Waals surface area contributed by atoms with Crippen LogP contribution < -0.4 is 4.74 Å². The van der Waals surface area contributed by atoms with Crippen molar-refractivity contribution in [1.82, 2.24) is 0 Å². The van der Waals surface area contributed by atoms with Crippen molar-refractivity contribution < 1.29 is 39.9 Å². The van der Waals surface area contributed by atoms with Gasteiger partial charge in [-0.2, -0.15) is 26.3 Å². The van der Waals surface area contributed by atoms with Gasteiger partial charge in [-0.25, -0.2) is 8.78 Å². The molecule has 0 aliphatic rings. The smallest absolute Gasteiger partial charge is 0.417 e. The summed E-state index contributed by atoms with van der Waals surface area (Å²) in [5.74, 6) is -0.726. The van der Waals surface area contributed by atoms with Crippen LogP contribution in [0, 0.1) is 0 Å². The minimum absolute atomic E-state index is 0.0364. The number of benzene rings is 1. The number of halogens is 8. The Hall–Kier alpha value is -1.54.